The first-order valence-corrected chi connectivity index (χ1v) is 5.78. The summed E-state index contributed by atoms with van der Waals surface area (Å²) in [6.07, 6.45) is 0. The van der Waals surface area contributed by atoms with Gasteiger partial charge in [0.1, 0.15) is 11.5 Å². The standard InChI is InChI=1S/C13H10Cl2O2/c14-10-5-6-11(15)13(7-10)17-12-4-2-1-3-9(12)8-16/h1-7,16H,8H2. The van der Waals surface area contributed by atoms with Crippen LogP contribution in [-0.2, 0) is 6.61 Å². The maximum atomic E-state index is 9.18. The van der Waals surface area contributed by atoms with Crippen molar-refractivity contribution in [2.75, 3.05) is 0 Å². The zero-order valence-electron chi connectivity index (χ0n) is 8.86. The Morgan fingerprint density at radius 1 is 1.00 bits per heavy atom. The lowest BCUT2D eigenvalue weighted by Crippen LogP contribution is -1.91. The van der Waals surface area contributed by atoms with Crippen molar-refractivity contribution < 1.29 is 9.84 Å². The van der Waals surface area contributed by atoms with Gasteiger partial charge in [0.25, 0.3) is 0 Å². The fourth-order valence-electron chi connectivity index (χ4n) is 1.41. The molecule has 0 unspecified atom stereocenters. The van der Waals surface area contributed by atoms with Gasteiger partial charge >= 0.3 is 0 Å². The van der Waals surface area contributed by atoms with Crippen LogP contribution >= 0.6 is 23.2 Å². The summed E-state index contributed by atoms with van der Waals surface area (Å²) in [4.78, 5) is 0. The Kier molecular flexibility index (Phi) is 3.89. The van der Waals surface area contributed by atoms with E-state index in [1.807, 2.05) is 12.1 Å². The second kappa shape index (κ2) is 5.41. The Labute approximate surface area is 109 Å². The molecule has 4 heteroatoms. The number of ether oxygens (including phenoxy) is 1. The van der Waals surface area contributed by atoms with Crippen LogP contribution in [0.4, 0.5) is 0 Å². The van der Waals surface area contributed by atoms with E-state index in [2.05, 4.69) is 0 Å². The number of hydrogen-bond donors (Lipinski definition) is 1. The van der Waals surface area contributed by atoms with Gasteiger partial charge in [0.15, 0.2) is 0 Å². The maximum absolute atomic E-state index is 9.18. The Morgan fingerprint density at radius 2 is 1.76 bits per heavy atom. The Balaban J connectivity index is 2.34. The van der Waals surface area contributed by atoms with Gasteiger partial charge < -0.3 is 9.84 Å². The Morgan fingerprint density at radius 3 is 2.53 bits per heavy atom. The molecular weight excluding hydrogens is 259 g/mol. The molecule has 0 spiro atoms. The molecular formula is C13H10Cl2O2. The number of aliphatic hydroxyl groups excluding tert-OH is 1. The van der Waals surface area contributed by atoms with Gasteiger partial charge in [0.05, 0.1) is 11.6 Å². The number of rotatable bonds is 3. The van der Waals surface area contributed by atoms with E-state index in [4.69, 9.17) is 27.9 Å². The molecule has 17 heavy (non-hydrogen) atoms. The van der Waals surface area contributed by atoms with Crippen molar-refractivity contribution in [1.29, 1.82) is 0 Å². The largest absolute Gasteiger partial charge is 0.455 e. The van der Waals surface area contributed by atoms with Crippen LogP contribution in [-0.4, -0.2) is 5.11 Å². The minimum atomic E-state index is -0.0889. The van der Waals surface area contributed by atoms with Crippen molar-refractivity contribution in [2.24, 2.45) is 0 Å². The minimum absolute atomic E-state index is 0.0889. The van der Waals surface area contributed by atoms with Gasteiger partial charge in [-0.25, -0.2) is 0 Å². The van der Waals surface area contributed by atoms with Crippen molar-refractivity contribution >= 4 is 23.2 Å². The summed E-state index contributed by atoms with van der Waals surface area (Å²) in [5.74, 6) is 1.04. The summed E-state index contributed by atoms with van der Waals surface area (Å²) in [6.45, 7) is -0.0889. The monoisotopic (exact) mass is 268 g/mol. The topological polar surface area (TPSA) is 29.5 Å². The van der Waals surface area contributed by atoms with Crippen LogP contribution in [0.25, 0.3) is 0 Å². The molecule has 1 N–H and O–H groups in total. The van der Waals surface area contributed by atoms with E-state index in [0.29, 0.717) is 27.1 Å². The molecule has 0 aliphatic rings. The molecule has 0 saturated carbocycles. The second-order valence-corrected chi connectivity index (χ2v) is 4.29. The molecule has 2 aromatic carbocycles. The molecule has 0 atom stereocenters. The first-order chi connectivity index (χ1) is 8.20. The predicted molar refractivity (Wildman–Crippen MR) is 68.9 cm³/mol. The average molecular weight is 269 g/mol. The van der Waals surface area contributed by atoms with Crippen LogP contribution in [0.2, 0.25) is 10.0 Å². The van der Waals surface area contributed by atoms with E-state index >= 15 is 0 Å². The first kappa shape index (κ1) is 12.2. The number of para-hydroxylation sites is 1. The van der Waals surface area contributed by atoms with Gasteiger partial charge in [0, 0.05) is 16.7 Å². The lowest BCUT2D eigenvalue weighted by Gasteiger charge is -2.10. The molecule has 2 nitrogen and oxygen atoms in total. The van der Waals surface area contributed by atoms with E-state index in [9.17, 15) is 5.11 Å². The molecule has 0 aromatic heterocycles. The molecule has 0 heterocycles. The van der Waals surface area contributed by atoms with Crippen LogP contribution in [0.1, 0.15) is 5.56 Å². The Bertz CT molecular complexity index is 527. The van der Waals surface area contributed by atoms with Gasteiger partial charge in [0.2, 0.25) is 0 Å². The van der Waals surface area contributed by atoms with E-state index in [1.165, 1.54) is 0 Å². The van der Waals surface area contributed by atoms with Crippen molar-refractivity contribution in [2.45, 2.75) is 6.61 Å². The molecule has 0 radical (unpaired) electrons. The summed E-state index contributed by atoms with van der Waals surface area (Å²) in [5.41, 5.74) is 0.698. The van der Waals surface area contributed by atoms with Crippen LogP contribution in [0, 0.1) is 0 Å². The van der Waals surface area contributed by atoms with Crippen molar-refractivity contribution in [3.8, 4) is 11.5 Å². The fourth-order valence-corrected chi connectivity index (χ4v) is 1.73. The van der Waals surface area contributed by atoms with Gasteiger partial charge in [-0.3, -0.25) is 0 Å². The minimum Gasteiger partial charge on any atom is -0.455 e. The van der Waals surface area contributed by atoms with E-state index < -0.39 is 0 Å². The van der Waals surface area contributed by atoms with Crippen molar-refractivity contribution in [3.05, 3.63) is 58.1 Å². The maximum Gasteiger partial charge on any atom is 0.147 e. The summed E-state index contributed by atoms with van der Waals surface area (Å²) in [7, 11) is 0. The smallest absolute Gasteiger partial charge is 0.147 e. The molecule has 0 aliphatic heterocycles. The first-order valence-electron chi connectivity index (χ1n) is 5.02. The van der Waals surface area contributed by atoms with Gasteiger partial charge in [-0.05, 0) is 18.2 Å². The molecule has 0 bridgehead atoms. The van der Waals surface area contributed by atoms with Crippen molar-refractivity contribution in [1.82, 2.24) is 0 Å². The Hall–Kier alpha value is -1.22. The van der Waals surface area contributed by atoms with Gasteiger partial charge in [-0.15, -0.1) is 0 Å². The van der Waals surface area contributed by atoms with E-state index in [1.54, 1.807) is 30.3 Å². The molecule has 0 fully saturated rings. The predicted octanol–water partition coefficient (Wildman–Crippen LogP) is 4.28. The van der Waals surface area contributed by atoms with E-state index in [-0.39, 0.29) is 6.61 Å². The van der Waals surface area contributed by atoms with Crippen LogP contribution in [0.5, 0.6) is 11.5 Å². The lowest BCUT2D eigenvalue weighted by atomic mass is 10.2. The van der Waals surface area contributed by atoms with Crippen LogP contribution in [0.15, 0.2) is 42.5 Å². The van der Waals surface area contributed by atoms with Crippen LogP contribution in [0.3, 0.4) is 0 Å². The molecule has 0 saturated heterocycles. The molecule has 0 amide bonds. The van der Waals surface area contributed by atoms with Gasteiger partial charge in [-0.2, -0.15) is 0 Å². The summed E-state index contributed by atoms with van der Waals surface area (Å²) in [5, 5.41) is 10.2. The highest BCUT2D eigenvalue weighted by atomic mass is 35.5. The number of aliphatic hydroxyl groups is 1. The number of hydrogen-bond acceptors (Lipinski definition) is 2. The summed E-state index contributed by atoms with van der Waals surface area (Å²) in [6, 6.07) is 12.2. The highest BCUT2D eigenvalue weighted by Gasteiger charge is 2.07. The van der Waals surface area contributed by atoms with E-state index in [0.717, 1.165) is 0 Å². The zero-order valence-corrected chi connectivity index (χ0v) is 10.4. The normalized spacial score (nSPS) is 10.3. The fraction of sp³-hybridized carbons (Fsp3) is 0.0769. The second-order valence-electron chi connectivity index (χ2n) is 3.44. The quantitative estimate of drug-likeness (QED) is 0.901. The third-order valence-corrected chi connectivity index (χ3v) is 2.80. The number of halogens is 2. The highest BCUT2D eigenvalue weighted by Crippen LogP contribution is 2.33. The molecule has 2 aromatic rings. The molecule has 0 aliphatic carbocycles. The molecule has 88 valence electrons. The average Bonchev–Trinajstić information content (AvgIpc) is 2.34. The third kappa shape index (κ3) is 2.91. The lowest BCUT2D eigenvalue weighted by molar-refractivity contribution is 0.276. The van der Waals surface area contributed by atoms with Crippen molar-refractivity contribution in [3.63, 3.8) is 0 Å². The SMILES string of the molecule is OCc1ccccc1Oc1cc(Cl)ccc1Cl. The summed E-state index contributed by atoms with van der Waals surface area (Å²) >= 11 is 11.9. The number of benzene rings is 2. The highest BCUT2D eigenvalue weighted by molar-refractivity contribution is 6.34. The third-order valence-electron chi connectivity index (χ3n) is 2.26. The summed E-state index contributed by atoms with van der Waals surface area (Å²) < 4.78 is 5.64. The molecule has 2 rings (SSSR count). The van der Waals surface area contributed by atoms with Gasteiger partial charge in [-0.1, -0.05) is 41.4 Å². The van der Waals surface area contributed by atoms with Crippen LogP contribution < -0.4 is 4.74 Å². The zero-order chi connectivity index (χ0) is 12.3.